The van der Waals surface area contributed by atoms with Gasteiger partial charge in [-0.15, -0.1) is 0 Å². The van der Waals surface area contributed by atoms with Crippen LogP contribution in [-0.4, -0.2) is 36.9 Å². The zero-order chi connectivity index (χ0) is 24.4. The number of halogens is 9. The molecule has 0 N–H and O–H groups in total. The topological polar surface area (TPSA) is 24.8 Å². The molecule has 1 unspecified atom stereocenters. The first kappa shape index (κ1) is 24.1. The van der Waals surface area contributed by atoms with Gasteiger partial charge in [-0.2, -0.15) is 26.3 Å². The molecular formula is C21H15Cl2F7N2O. The average molecular weight is 515 g/mol. The summed E-state index contributed by atoms with van der Waals surface area (Å²) in [6.45, 7) is 0.374. The Morgan fingerprint density at radius 3 is 2.09 bits per heavy atom. The van der Waals surface area contributed by atoms with Gasteiger partial charge in [0.2, 0.25) is 0 Å². The van der Waals surface area contributed by atoms with Crippen molar-refractivity contribution in [2.24, 2.45) is 5.16 Å². The maximum atomic E-state index is 14.7. The van der Waals surface area contributed by atoms with Crippen LogP contribution >= 0.6 is 23.2 Å². The van der Waals surface area contributed by atoms with Crippen molar-refractivity contribution in [2.75, 3.05) is 20.1 Å². The molecule has 3 nitrogen and oxygen atoms in total. The smallest absolute Gasteiger partial charge is 0.374 e. The first-order valence-electron chi connectivity index (χ1n) is 9.53. The van der Waals surface area contributed by atoms with Crippen LogP contribution in [0.5, 0.6) is 0 Å². The molecule has 0 spiro atoms. The average Bonchev–Trinajstić information content (AvgIpc) is 3.15. The fourth-order valence-corrected chi connectivity index (χ4v) is 4.48. The molecule has 2 aliphatic heterocycles. The predicted molar refractivity (Wildman–Crippen MR) is 108 cm³/mol. The van der Waals surface area contributed by atoms with Gasteiger partial charge in [-0.05, 0) is 30.3 Å². The molecule has 0 saturated carbocycles. The van der Waals surface area contributed by atoms with Crippen LogP contribution in [0.4, 0.5) is 30.7 Å². The normalized spacial score (nSPS) is 23.2. The molecule has 1 fully saturated rings. The van der Waals surface area contributed by atoms with Crippen molar-refractivity contribution in [3.05, 3.63) is 68.7 Å². The van der Waals surface area contributed by atoms with Crippen LogP contribution < -0.4 is 0 Å². The molecule has 2 aliphatic rings. The van der Waals surface area contributed by atoms with Gasteiger partial charge in [0.15, 0.2) is 5.67 Å². The Labute approximate surface area is 193 Å². The van der Waals surface area contributed by atoms with Crippen LogP contribution in [0.2, 0.25) is 10.0 Å². The van der Waals surface area contributed by atoms with Crippen LogP contribution in [-0.2, 0) is 22.3 Å². The SMILES string of the molecule is CN1CC(F)(c2ccc(C3=NOC(c4cc(Cl)c(Cl)c(C(F)(F)F)c4)(C(F)(F)F)C3)cc2)C1. The molecular weight excluding hydrogens is 500 g/mol. The van der Waals surface area contributed by atoms with Gasteiger partial charge in [-0.1, -0.05) is 52.6 Å². The Balaban J connectivity index is 1.69. The summed E-state index contributed by atoms with van der Waals surface area (Å²) in [7, 11) is 1.75. The van der Waals surface area contributed by atoms with E-state index in [1.54, 1.807) is 11.9 Å². The van der Waals surface area contributed by atoms with Crippen molar-refractivity contribution in [3.63, 3.8) is 0 Å². The van der Waals surface area contributed by atoms with Crippen molar-refractivity contribution < 1.29 is 35.6 Å². The molecule has 0 aromatic heterocycles. The van der Waals surface area contributed by atoms with Gasteiger partial charge in [-0.3, -0.25) is 4.90 Å². The van der Waals surface area contributed by atoms with Crippen LogP contribution in [0.15, 0.2) is 41.6 Å². The molecule has 0 bridgehead atoms. The number of hydrogen-bond acceptors (Lipinski definition) is 3. The third-order valence-corrected chi connectivity index (χ3v) is 6.56. The lowest BCUT2D eigenvalue weighted by Crippen LogP contribution is -2.54. The molecule has 2 heterocycles. The van der Waals surface area contributed by atoms with Crippen molar-refractivity contribution in [2.45, 2.75) is 30.0 Å². The minimum absolute atomic E-state index is 0.155. The van der Waals surface area contributed by atoms with Gasteiger partial charge in [0.1, 0.15) is 0 Å². The molecule has 2 aromatic rings. The second-order valence-electron chi connectivity index (χ2n) is 8.16. The first-order chi connectivity index (χ1) is 15.2. The molecule has 1 saturated heterocycles. The standard InChI is InChI=1S/C21H15Cl2F7N2O/c1-32-9-18(24,10-32)12-4-2-11(3-5-12)16-8-19(33-31-16,21(28,29)30)13-6-14(20(25,26)27)17(23)15(22)7-13/h2-7H,8-10H2,1H3. The highest BCUT2D eigenvalue weighted by atomic mass is 35.5. The molecule has 1 atom stereocenters. The van der Waals surface area contributed by atoms with Gasteiger partial charge in [0.25, 0.3) is 5.60 Å². The highest BCUT2D eigenvalue weighted by Crippen LogP contribution is 2.51. The van der Waals surface area contributed by atoms with Crippen molar-refractivity contribution in [1.29, 1.82) is 0 Å². The van der Waals surface area contributed by atoms with Crippen molar-refractivity contribution >= 4 is 28.9 Å². The van der Waals surface area contributed by atoms with E-state index in [1.807, 2.05) is 0 Å². The zero-order valence-electron chi connectivity index (χ0n) is 16.8. The largest absolute Gasteiger partial charge is 0.435 e. The number of alkyl halides is 7. The maximum absolute atomic E-state index is 14.7. The van der Waals surface area contributed by atoms with Gasteiger partial charge < -0.3 is 4.84 Å². The number of likely N-dealkylation sites (N-methyl/N-ethyl adjacent to an activating group) is 1. The van der Waals surface area contributed by atoms with Crippen molar-refractivity contribution in [3.8, 4) is 0 Å². The van der Waals surface area contributed by atoms with E-state index in [0.717, 1.165) is 0 Å². The Bertz CT molecular complexity index is 1110. The lowest BCUT2D eigenvalue weighted by molar-refractivity contribution is -0.276. The monoisotopic (exact) mass is 514 g/mol. The molecule has 12 heteroatoms. The first-order valence-corrected chi connectivity index (χ1v) is 10.3. The van der Waals surface area contributed by atoms with E-state index in [9.17, 15) is 30.7 Å². The Morgan fingerprint density at radius 1 is 0.970 bits per heavy atom. The summed E-state index contributed by atoms with van der Waals surface area (Å²) < 4.78 is 97.2. The van der Waals surface area contributed by atoms with Crippen molar-refractivity contribution in [1.82, 2.24) is 4.90 Å². The predicted octanol–water partition coefficient (Wildman–Crippen LogP) is 6.70. The molecule has 33 heavy (non-hydrogen) atoms. The van der Waals surface area contributed by atoms with Crippen LogP contribution in [0.25, 0.3) is 0 Å². The minimum atomic E-state index is -5.14. The number of rotatable bonds is 3. The molecule has 0 radical (unpaired) electrons. The molecule has 0 amide bonds. The highest BCUT2D eigenvalue weighted by Gasteiger charge is 2.63. The summed E-state index contributed by atoms with van der Waals surface area (Å²) in [4.78, 5) is 6.55. The summed E-state index contributed by atoms with van der Waals surface area (Å²) >= 11 is 11.3. The van der Waals surface area contributed by atoms with Gasteiger partial charge in [0, 0.05) is 25.1 Å². The lowest BCUT2D eigenvalue weighted by atomic mass is 9.84. The summed E-state index contributed by atoms with van der Waals surface area (Å²) in [5.74, 6) is 0. The number of oxime groups is 1. The summed E-state index contributed by atoms with van der Waals surface area (Å²) in [6, 6.07) is 6.65. The minimum Gasteiger partial charge on any atom is -0.374 e. The summed E-state index contributed by atoms with van der Waals surface area (Å²) in [5, 5.41) is 1.90. The Hall–Kier alpha value is -2.04. The van der Waals surface area contributed by atoms with E-state index in [2.05, 4.69) is 5.16 Å². The Morgan fingerprint density at radius 2 is 1.58 bits per heavy atom. The van der Waals surface area contributed by atoms with E-state index in [-0.39, 0.29) is 30.4 Å². The number of benzene rings is 2. The van der Waals surface area contributed by atoms with Gasteiger partial charge in [0.05, 0.1) is 21.3 Å². The van der Waals surface area contributed by atoms with Gasteiger partial charge >= 0.3 is 12.4 Å². The fourth-order valence-electron chi connectivity index (χ4n) is 4.04. The van der Waals surface area contributed by atoms with E-state index in [0.29, 0.717) is 11.6 Å². The molecule has 4 rings (SSSR count). The number of nitrogens with zero attached hydrogens (tertiary/aromatic N) is 2. The highest BCUT2D eigenvalue weighted by molar-refractivity contribution is 6.42. The quantitative estimate of drug-likeness (QED) is 0.425. The molecule has 178 valence electrons. The van der Waals surface area contributed by atoms with Crippen LogP contribution in [0.3, 0.4) is 0 Å². The summed E-state index contributed by atoms with van der Waals surface area (Å²) in [6.07, 6.45) is -11.1. The second-order valence-corrected chi connectivity index (χ2v) is 8.95. The summed E-state index contributed by atoms with van der Waals surface area (Å²) in [5.41, 5.74) is -6.72. The third-order valence-electron chi connectivity index (χ3n) is 5.76. The van der Waals surface area contributed by atoms with E-state index >= 15 is 0 Å². The van der Waals surface area contributed by atoms with Crippen LogP contribution in [0, 0.1) is 0 Å². The lowest BCUT2D eigenvalue weighted by Gasteiger charge is -2.42. The zero-order valence-corrected chi connectivity index (χ0v) is 18.3. The Kier molecular flexibility index (Phi) is 5.66. The number of hydrogen-bond donors (Lipinski definition) is 0. The molecule has 2 aromatic carbocycles. The van der Waals surface area contributed by atoms with E-state index < -0.39 is 51.2 Å². The van der Waals surface area contributed by atoms with Crippen LogP contribution in [0.1, 0.15) is 28.7 Å². The van der Waals surface area contributed by atoms with E-state index in [1.165, 1.54) is 24.3 Å². The fraction of sp³-hybridized carbons (Fsp3) is 0.381. The van der Waals surface area contributed by atoms with E-state index in [4.69, 9.17) is 28.0 Å². The molecule has 0 aliphatic carbocycles. The second kappa shape index (κ2) is 7.74. The van der Waals surface area contributed by atoms with Gasteiger partial charge in [-0.25, -0.2) is 4.39 Å². The third kappa shape index (κ3) is 4.06. The number of likely N-dealkylation sites (tertiary alicyclic amines) is 1. The maximum Gasteiger partial charge on any atom is 0.435 e.